The fourth-order valence-electron chi connectivity index (χ4n) is 2.00. The molecule has 1 aromatic rings. The second-order valence-corrected chi connectivity index (χ2v) is 6.38. The lowest BCUT2D eigenvalue weighted by Gasteiger charge is -2.19. The van der Waals surface area contributed by atoms with Crippen LogP contribution in [0.2, 0.25) is 0 Å². The maximum atomic E-state index is 5.69. The molecular weight excluding hydrogens is 222 g/mol. The van der Waals surface area contributed by atoms with Gasteiger partial charge in [-0.05, 0) is 29.0 Å². The third kappa shape index (κ3) is 2.74. The van der Waals surface area contributed by atoms with Crippen molar-refractivity contribution in [1.82, 2.24) is 0 Å². The van der Waals surface area contributed by atoms with Gasteiger partial charge in [0.25, 0.3) is 0 Å². The summed E-state index contributed by atoms with van der Waals surface area (Å²) >= 11 is 0. The van der Waals surface area contributed by atoms with Gasteiger partial charge in [0.05, 0.1) is 6.04 Å². The highest BCUT2D eigenvalue weighted by Gasteiger charge is 2.23. The number of hydrogen-bond donors (Lipinski definition) is 0. The molecule has 0 aromatic heterocycles. The lowest BCUT2D eigenvalue weighted by molar-refractivity contribution is 0.292. The van der Waals surface area contributed by atoms with E-state index in [4.69, 9.17) is 4.74 Å². The number of nitrogens with zero attached hydrogens (tertiary/aromatic N) is 1. The smallest absolute Gasteiger partial charge is 0.216 e. The van der Waals surface area contributed by atoms with E-state index >= 15 is 0 Å². The zero-order valence-electron chi connectivity index (χ0n) is 12.0. The minimum absolute atomic E-state index is 0.192. The summed E-state index contributed by atoms with van der Waals surface area (Å²) in [5.41, 5.74) is 2.62. The molecule has 1 atom stereocenters. The Balaban J connectivity index is 2.19. The molecule has 0 saturated heterocycles. The number of ether oxygens (including phenoxy) is 1. The Bertz CT molecular complexity index is 437. The summed E-state index contributed by atoms with van der Waals surface area (Å²) in [4.78, 5) is 4.64. The molecular formula is C16H23NO. The lowest BCUT2D eigenvalue weighted by Crippen LogP contribution is -2.13. The molecule has 2 heteroatoms. The Morgan fingerprint density at radius 1 is 1.17 bits per heavy atom. The molecule has 0 N–H and O–H groups in total. The summed E-state index contributed by atoms with van der Waals surface area (Å²) in [6.45, 7) is 11.8. The van der Waals surface area contributed by atoms with Gasteiger partial charge in [0.2, 0.25) is 5.90 Å². The van der Waals surface area contributed by atoms with Gasteiger partial charge in [-0.2, -0.15) is 0 Å². The van der Waals surface area contributed by atoms with Gasteiger partial charge in [-0.3, -0.25) is 0 Å². The minimum Gasteiger partial charge on any atom is -0.475 e. The van der Waals surface area contributed by atoms with E-state index in [1.807, 2.05) is 0 Å². The van der Waals surface area contributed by atoms with Crippen molar-refractivity contribution in [2.75, 3.05) is 6.61 Å². The summed E-state index contributed by atoms with van der Waals surface area (Å²) in [6, 6.07) is 8.88. The molecule has 0 aliphatic carbocycles. The van der Waals surface area contributed by atoms with Gasteiger partial charge in [0.1, 0.15) is 6.61 Å². The van der Waals surface area contributed by atoms with Gasteiger partial charge in [-0.25, -0.2) is 4.99 Å². The summed E-state index contributed by atoms with van der Waals surface area (Å²) in [7, 11) is 0. The first kappa shape index (κ1) is 13.1. The van der Waals surface area contributed by atoms with Crippen molar-refractivity contribution in [3.63, 3.8) is 0 Å². The van der Waals surface area contributed by atoms with Crippen molar-refractivity contribution in [2.45, 2.75) is 46.1 Å². The van der Waals surface area contributed by atoms with Crippen LogP contribution < -0.4 is 0 Å². The fraction of sp³-hybridized carbons (Fsp3) is 0.562. The number of hydrogen-bond acceptors (Lipinski definition) is 2. The van der Waals surface area contributed by atoms with Gasteiger partial charge in [0.15, 0.2) is 0 Å². The molecule has 1 aliphatic rings. The van der Waals surface area contributed by atoms with E-state index in [2.05, 4.69) is 63.9 Å². The van der Waals surface area contributed by atoms with Crippen LogP contribution in [0.15, 0.2) is 29.3 Å². The average Bonchev–Trinajstić information content (AvgIpc) is 2.77. The Morgan fingerprint density at radius 2 is 1.78 bits per heavy atom. The first-order valence-electron chi connectivity index (χ1n) is 6.69. The summed E-state index contributed by atoms with van der Waals surface area (Å²) in [5.74, 6) is 1.34. The number of benzene rings is 1. The quantitative estimate of drug-likeness (QED) is 0.777. The summed E-state index contributed by atoms with van der Waals surface area (Å²) in [5, 5.41) is 0. The molecule has 1 aromatic carbocycles. The van der Waals surface area contributed by atoms with E-state index in [0.29, 0.717) is 18.6 Å². The molecule has 0 spiro atoms. The molecule has 0 amide bonds. The standard InChI is InChI=1S/C16H23NO/c1-11(2)14-10-18-15(17-14)12-6-8-13(9-7-12)16(3,4)5/h6-9,11,14H,10H2,1-5H3/t14-/m1/s1. The highest BCUT2D eigenvalue weighted by atomic mass is 16.5. The van der Waals surface area contributed by atoms with Crippen LogP contribution in [-0.2, 0) is 10.2 Å². The Morgan fingerprint density at radius 3 is 2.22 bits per heavy atom. The van der Waals surface area contributed by atoms with Crippen LogP contribution in [-0.4, -0.2) is 18.5 Å². The van der Waals surface area contributed by atoms with Crippen LogP contribution in [0.4, 0.5) is 0 Å². The van der Waals surface area contributed by atoms with Gasteiger partial charge >= 0.3 is 0 Å². The van der Waals surface area contributed by atoms with Crippen molar-refractivity contribution in [2.24, 2.45) is 10.9 Å². The molecule has 0 saturated carbocycles. The molecule has 1 heterocycles. The third-order valence-electron chi connectivity index (χ3n) is 3.44. The molecule has 2 nitrogen and oxygen atoms in total. The van der Waals surface area contributed by atoms with Crippen molar-refractivity contribution < 1.29 is 4.74 Å². The molecule has 0 unspecified atom stereocenters. The van der Waals surface area contributed by atoms with Crippen molar-refractivity contribution in [3.8, 4) is 0 Å². The normalized spacial score (nSPS) is 19.9. The Hall–Kier alpha value is -1.31. The van der Waals surface area contributed by atoms with E-state index in [9.17, 15) is 0 Å². The average molecular weight is 245 g/mol. The molecule has 1 aliphatic heterocycles. The molecule has 0 fully saturated rings. The van der Waals surface area contributed by atoms with Gasteiger partial charge in [0, 0.05) is 5.56 Å². The molecule has 0 radical (unpaired) electrons. The Labute approximate surface area is 110 Å². The van der Waals surface area contributed by atoms with Crippen molar-refractivity contribution >= 4 is 5.90 Å². The van der Waals surface area contributed by atoms with Gasteiger partial charge in [-0.1, -0.05) is 46.8 Å². The van der Waals surface area contributed by atoms with Crippen molar-refractivity contribution in [1.29, 1.82) is 0 Å². The fourth-order valence-corrected chi connectivity index (χ4v) is 2.00. The van der Waals surface area contributed by atoms with Crippen LogP contribution in [0.3, 0.4) is 0 Å². The molecule has 98 valence electrons. The monoisotopic (exact) mass is 245 g/mol. The second-order valence-electron chi connectivity index (χ2n) is 6.38. The molecule has 0 bridgehead atoms. The maximum absolute atomic E-state index is 5.69. The van der Waals surface area contributed by atoms with Crippen LogP contribution in [0, 0.1) is 5.92 Å². The third-order valence-corrected chi connectivity index (χ3v) is 3.44. The zero-order valence-corrected chi connectivity index (χ0v) is 12.0. The highest BCUT2D eigenvalue weighted by molar-refractivity contribution is 5.95. The maximum Gasteiger partial charge on any atom is 0.216 e. The van der Waals surface area contributed by atoms with E-state index in [0.717, 1.165) is 11.5 Å². The van der Waals surface area contributed by atoms with Crippen LogP contribution in [0.1, 0.15) is 45.7 Å². The zero-order chi connectivity index (χ0) is 13.3. The molecule has 18 heavy (non-hydrogen) atoms. The predicted molar refractivity (Wildman–Crippen MR) is 76.3 cm³/mol. The summed E-state index contributed by atoms with van der Waals surface area (Å²) < 4.78 is 5.69. The van der Waals surface area contributed by atoms with Gasteiger partial charge < -0.3 is 4.74 Å². The van der Waals surface area contributed by atoms with E-state index in [1.54, 1.807) is 0 Å². The second kappa shape index (κ2) is 4.75. The number of rotatable bonds is 2. The minimum atomic E-state index is 0.192. The first-order chi connectivity index (χ1) is 8.38. The highest BCUT2D eigenvalue weighted by Crippen LogP contribution is 2.23. The predicted octanol–water partition coefficient (Wildman–Crippen LogP) is 3.79. The van der Waals surface area contributed by atoms with Crippen LogP contribution in [0.25, 0.3) is 0 Å². The van der Waals surface area contributed by atoms with Crippen molar-refractivity contribution in [3.05, 3.63) is 35.4 Å². The Kier molecular flexibility index (Phi) is 3.47. The largest absolute Gasteiger partial charge is 0.475 e. The van der Waals surface area contributed by atoms with E-state index in [-0.39, 0.29) is 5.41 Å². The lowest BCUT2D eigenvalue weighted by atomic mass is 9.87. The molecule has 2 rings (SSSR count). The van der Waals surface area contributed by atoms with E-state index < -0.39 is 0 Å². The topological polar surface area (TPSA) is 21.6 Å². The van der Waals surface area contributed by atoms with Crippen LogP contribution in [0.5, 0.6) is 0 Å². The van der Waals surface area contributed by atoms with Crippen LogP contribution >= 0.6 is 0 Å². The SMILES string of the molecule is CC(C)[C@H]1COC(c2ccc(C(C)(C)C)cc2)=N1. The first-order valence-corrected chi connectivity index (χ1v) is 6.69. The number of aliphatic imine (C=N–C) groups is 1. The summed E-state index contributed by atoms with van der Waals surface area (Å²) in [6.07, 6.45) is 0. The van der Waals surface area contributed by atoms with E-state index in [1.165, 1.54) is 5.56 Å². The van der Waals surface area contributed by atoms with Gasteiger partial charge in [-0.15, -0.1) is 0 Å².